The topological polar surface area (TPSA) is 28.2 Å². The highest BCUT2D eigenvalue weighted by Crippen LogP contribution is 2.31. The fourth-order valence-electron chi connectivity index (χ4n) is 2.44. The van der Waals surface area contributed by atoms with Crippen LogP contribution in [0.5, 0.6) is 0 Å². The molecule has 1 fully saturated rings. The standard InChI is InChI=1S/C15H19N3S/c1-12(18-9-7-16-8-10-18)14-11-17-15(19-14)13-5-3-2-4-6-13/h2-6,11-12,16H,7-10H2,1H3. The summed E-state index contributed by atoms with van der Waals surface area (Å²) in [5, 5.41) is 4.52. The summed E-state index contributed by atoms with van der Waals surface area (Å²) in [5.41, 5.74) is 1.21. The van der Waals surface area contributed by atoms with Crippen LogP contribution in [-0.2, 0) is 0 Å². The Balaban J connectivity index is 1.77. The van der Waals surface area contributed by atoms with E-state index in [9.17, 15) is 0 Å². The zero-order valence-electron chi connectivity index (χ0n) is 11.2. The summed E-state index contributed by atoms with van der Waals surface area (Å²) in [6.07, 6.45) is 2.04. The molecule has 0 amide bonds. The summed E-state index contributed by atoms with van der Waals surface area (Å²) in [4.78, 5) is 8.47. The Labute approximate surface area is 118 Å². The van der Waals surface area contributed by atoms with Gasteiger partial charge in [0, 0.05) is 48.9 Å². The zero-order chi connectivity index (χ0) is 13.1. The summed E-state index contributed by atoms with van der Waals surface area (Å²) in [5.74, 6) is 0. The lowest BCUT2D eigenvalue weighted by Crippen LogP contribution is -2.44. The number of rotatable bonds is 3. The van der Waals surface area contributed by atoms with E-state index in [1.54, 1.807) is 0 Å². The van der Waals surface area contributed by atoms with Crippen molar-refractivity contribution >= 4 is 11.3 Å². The lowest BCUT2D eigenvalue weighted by atomic mass is 10.2. The first kappa shape index (κ1) is 12.8. The quantitative estimate of drug-likeness (QED) is 0.932. The Hall–Kier alpha value is -1.23. The van der Waals surface area contributed by atoms with E-state index in [-0.39, 0.29) is 0 Å². The van der Waals surface area contributed by atoms with Gasteiger partial charge in [0.2, 0.25) is 0 Å². The number of nitrogens with zero attached hydrogens (tertiary/aromatic N) is 2. The average molecular weight is 273 g/mol. The van der Waals surface area contributed by atoms with E-state index in [2.05, 4.69) is 46.4 Å². The molecule has 1 aliphatic heterocycles. The number of thiazole rings is 1. The molecule has 4 heteroatoms. The van der Waals surface area contributed by atoms with Crippen molar-refractivity contribution in [3.8, 4) is 10.6 Å². The molecule has 0 saturated carbocycles. The predicted molar refractivity (Wildman–Crippen MR) is 80.4 cm³/mol. The van der Waals surface area contributed by atoms with Gasteiger partial charge in [-0.1, -0.05) is 30.3 Å². The van der Waals surface area contributed by atoms with Gasteiger partial charge in [-0.25, -0.2) is 4.98 Å². The average Bonchev–Trinajstić information content (AvgIpc) is 2.98. The predicted octanol–water partition coefficient (Wildman–Crippen LogP) is 2.78. The highest BCUT2D eigenvalue weighted by atomic mass is 32.1. The van der Waals surface area contributed by atoms with Gasteiger partial charge >= 0.3 is 0 Å². The summed E-state index contributed by atoms with van der Waals surface area (Å²) >= 11 is 1.81. The zero-order valence-corrected chi connectivity index (χ0v) is 12.0. The molecule has 3 nitrogen and oxygen atoms in total. The lowest BCUT2D eigenvalue weighted by Gasteiger charge is -2.31. The van der Waals surface area contributed by atoms with E-state index in [4.69, 9.17) is 0 Å². The lowest BCUT2D eigenvalue weighted by molar-refractivity contribution is 0.188. The van der Waals surface area contributed by atoms with Gasteiger partial charge in [0.25, 0.3) is 0 Å². The Morgan fingerprint density at radius 1 is 1.21 bits per heavy atom. The molecular weight excluding hydrogens is 254 g/mol. The van der Waals surface area contributed by atoms with Crippen LogP contribution >= 0.6 is 11.3 Å². The molecular formula is C15H19N3S. The van der Waals surface area contributed by atoms with Gasteiger partial charge in [-0.05, 0) is 6.92 Å². The van der Waals surface area contributed by atoms with E-state index in [1.165, 1.54) is 10.4 Å². The second-order valence-electron chi connectivity index (χ2n) is 4.90. The molecule has 1 N–H and O–H groups in total. The van der Waals surface area contributed by atoms with Crippen LogP contribution in [0.3, 0.4) is 0 Å². The van der Waals surface area contributed by atoms with Gasteiger partial charge < -0.3 is 5.32 Å². The molecule has 1 unspecified atom stereocenters. The van der Waals surface area contributed by atoms with Crippen molar-refractivity contribution in [2.75, 3.05) is 26.2 Å². The monoisotopic (exact) mass is 273 g/mol. The summed E-state index contributed by atoms with van der Waals surface area (Å²) in [6, 6.07) is 10.9. The molecule has 1 aromatic carbocycles. The van der Waals surface area contributed by atoms with Crippen molar-refractivity contribution in [2.24, 2.45) is 0 Å². The van der Waals surface area contributed by atoms with Gasteiger partial charge in [-0.15, -0.1) is 11.3 Å². The molecule has 0 spiro atoms. The minimum absolute atomic E-state index is 0.470. The normalized spacial score (nSPS) is 18.4. The maximum Gasteiger partial charge on any atom is 0.123 e. The van der Waals surface area contributed by atoms with Crippen LogP contribution in [-0.4, -0.2) is 36.1 Å². The van der Waals surface area contributed by atoms with Crippen LogP contribution in [0, 0.1) is 0 Å². The van der Waals surface area contributed by atoms with Gasteiger partial charge in [-0.2, -0.15) is 0 Å². The Kier molecular flexibility index (Phi) is 3.92. The molecule has 1 aromatic heterocycles. The molecule has 0 bridgehead atoms. The molecule has 1 atom stereocenters. The van der Waals surface area contributed by atoms with E-state index in [1.807, 2.05) is 23.6 Å². The fraction of sp³-hybridized carbons (Fsp3) is 0.400. The molecule has 0 radical (unpaired) electrons. The second kappa shape index (κ2) is 5.82. The first-order chi connectivity index (χ1) is 9.34. The van der Waals surface area contributed by atoms with E-state index < -0.39 is 0 Å². The summed E-state index contributed by atoms with van der Waals surface area (Å²) < 4.78 is 0. The number of hydrogen-bond acceptors (Lipinski definition) is 4. The Morgan fingerprint density at radius 2 is 1.95 bits per heavy atom. The van der Waals surface area contributed by atoms with E-state index in [0.29, 0.717) is 6.04 Å². The number of benzene rings is 1. The molecule has 1 saturated heterocycles. The summed E-state index contributed by atoms with van der Waals surface area (Å²) in [7, 11) is 0. The third-order valence-corrected chi connectivity index (χ3v) is 4.87. The maximum absolute atomic E-state index is 4.58. The van der Waals surface area contributed by atoms with Crippen LogP contribution in [0.4, 0.5) is 0 Å². The SMILES string of the molecule is CC(c1cnc(-c2ccccc2)s1)N1CCNCC1. The maximum atomic E-state index is 4.58. The van der Waals surface area contributed by atoms with Crippen molar-refractivity contribution in [3.63, 3.8) is 0 Å². The highest BCUT2D eigenvalue weighted by molar-refractivity contribution is 7.15. The smallest absolute Gasteiger partial charge is 0.123 e. The van der Waals surface area contributed by atoms with Crippen LogP contribution in [0.1, 0.15) is 17.8 Å². The molecule has 19 heavy (non-hydrogen) atoms. The van der Waals surface area contributed by atoms with Gasteiger partial charge in [0.05, 0.1) is 0 Å². The van der Waals surface area contributed by atoms with Crippen molar-refractivity contribution in [1.29, 1.82) is 0 Å². The van der Waals surface area contributed by atoms with E-state index in [0.717, 1.165) is 31.2 Å². The fourth-order valence-corrected chi connectivity index (χ4v) is 3.45. The third kappa shape index (κ3) is 2.86. The van der Waals surface area contributed by atoms with Crippen molar-refractivity contribution < 1.29 is 0 Å². The van der Waals surface area contributed by atoms with Gasteiger partial charge in [-0.3, -0.25) is 4.90 Å². The highest BCUT2D eigenvalue weighted by Gasteiger charge is 2.20. The van der Waals surface area contributed by atoms with Gasteiger partial charge in [0.15, 0.2) is 0 Å². The summed E-state index contributed by atoms with van der Waals surface area (Å²) in [6.45, 7) is 6.72. The van der Waals surface area contributed by atoms with Crippen LogP contribution < -0.4 is 5.32 Å². The van der Waals surface area contributed by atoms with Crippen molar-refractivity contribution in [1.82, 2.24) is 15.2 Å². The molecule has 2 aromatic rings. The van der Waals surface area contributed by atoms with Crippen molar-refractivity contribution in [3.05, 3.63) is 41.4 Å². The number of aromatic nitrogens is 1. The number of piperazine rings is 1. The first-order valence-corrected chi connectivity index (χ1v) is 7.62. The van der Waals surface area contributed by atoms with E-state index >= 15 is 0 Å². The Bertz CT molecular complexity index is 517. The minimum Gasteiger partial charge on any atom is -0.314 e. The van der Waals surface area contributed by atoms with Gasteiger partial charge in [0.1, 0.15) is 5.01 Å². The molecule has 2 heterocycles. The van der Waals surface area contributed by atoms with Crippen molar-refractivity contribution in [2.45, 2.75) is 13.0 Å². The molecule has 3 rings (SSSR count). The third-order valence-electron chi connectivity index (χ3n) is 3.66. The number of hydrogen-bond donors (Lipinski definition) is 1. The molecule has 0 aliphatic carbocycles. The van der Waals surface area contributed by atoms with Crippen LogP contribution in [0.15, 0.2) is 36.5 Å². The van der Waals surface area contributed by atoms with Crippen LogP contribution in [0.2, 0.25) is 0 Å². The largest absolute Gasteiger partial charge is 0.314 e. The minimum atomic E-state index is 0.470. The Morgan fingerprint density at radius 3 is 2.68 bits per heavy atom. The second-order valence-corrected chi connectivity index (χ2v) is 5.96. The molecule has 1 aliphatic rings. The molecule has 100 valence electrons. The number of nitrogens with one attached hydrogen (secondary N) is 1. The first-order valence-electron chi connectivity index (χ1n) is 6.80. The van der Waals surface area contributed by atoms with Crippen LogP contribution in [0.25, 0.3) is 10.6 Å².